The maximum atomic E-state index is 3.58. The van der Waals surface area contributed by atoms with Gasteiger partial charge >= 0.3 is 0 Å². The third-order valence-corrected chi connectivity index (χ3v) is 5.95. The average molecular weight is 400 g/mol. The number of aryl methyl sites for hydroxylation is 2. The van der Waals surface area contributed by atoms with E-state index in [0.29, 0.717) is 0 Å². The zero-order chi connectivity index (χ0) is 21.2. The fourth-order valence-corrected chi connectivity index (χ4v) is 4.24. The summed E-state index contributed by atoms with van der Waals surface area (Å²) < 4.78 is 0. The van der Waals surface area contributed by atoms with Crippen LogP contribution < -0.4 is 5.32 Å². The number of fused-ring (bicyclic) bond motifs is 1. The second-order valence-electron chi connectivity index (χ2n) is 8.07. The maximum absolute atomic E-state index is 3.58. The Morgan fingerprint density at radius 2 is 1.13 bits per heavy atom. The lowest BCUT2D eigenvalue weighted by atomic mass is 9.96. The number of nitrogens with one attached hydrogen (secondary N) is 1. The molecule has 0 radical (unpaired) electrons. The molecule has 0 unspecified atom stereocenters. The van der Waals surface area contributed by atoms with Gasteiger partial charge in [0, 0.05) is 11.4 Å². The van der Waals surface area contributed by atoms with Crippen LogP contribution in [0.15, 0.2) is 109 Å². The van der Waals surface area contributed by atoms with Crippen LogP contribution in [0, 0.1) is 13.8 Å². The van der Waals surface area contributed by atoms with Crippen LogP contribution in [0.4, 0.5) is 11.4 Å². The van der Waals surface area contributed by atoms with Crippen molar-refractivity contribution in [2.45, 2.75) is 13.8 Å². The Labute approximate surface area is 184 Å². The van der Waals surface area contributed by atoms with Crippen molar-refractivity contribution in [1.29, 1.82) is 0 Å². The Bertz CT molecular complexity index is 1360. The van der Waals surface area contributed by atoms with E-state index < -0.39 is 0 Å². The third kappa shape index (κ3) is 3.83. The summed E-state index contributed by atoms with van der Waals surface area (Å²) >= 11 is 0. The SMILES string of the molecule is Cc1ccccc1-c1cc(Nc2ccc(-c3cccc4ccccc34)cc2)ccc1C. The van der Waals surface area contributed by atoms with Crippen LogP contribution in [-0.4, -0.2) is 0 Å². The zero-order valence-corrected chi connectivity index (χ0v) is 17.9. The molecule has 1 N–H and O–H groups in total. The zero-order valence-electron chi connectivity index (χ0n) is 17.9. The first kappa shape index (κ1) is 19.1. The summed E-state index contributed by atoms with van der Waals surface area (Å²) in [5, 5.41) is 6.13. The molecule has 0 saturated heterocycles. The molecule has 5 rings (SSSR count). The van der Waals surface area contributed by atoms with E-state index in [0.717, 1.165) is 11.4 Å². The fourth-order valence-electron chi connectivity index (χ4n) is 4.24. The van der Waals surface area contributed by atoms with Gasteiger partial charge in [-0.3, -0.25) is 0 Å². The molecule has 0 saturated carbocycles. The van der Waals surface area contributed by atoms with Crippen molar-refractivity contribution in [3.63, 3.8) is 0 Å². The van der Waals surface area contributed by atoms with Crippen molar-refractivity contribution in [2.24, 2.45) is 0 Å². The van der Waals surface area contributed by atoms with Crippen LogP contribution in [-0.2, 0) is 0 Å². The van der Waals surface area contributed by atoms with E-state index in [-0.39, 0.29) is 0 Å². The highest BCUT2D eigenvalue weighted by molar-refractivity contribution is 5.96. The van der Waals surface area contributed by atoms with Gasteiger partial charge in [-0.1, -0.05) is 84.9 Å². The molecule has 31 heavy (non-hydrogen) atoms. The van der Waals surface area contributed by atoms with Crippen molar-refractivity contribution in [1.82, 2.24) is 0 Å². The minimum Gasteiger partial charge on any atom is -0.356 e. The Morgan fingerprint density at radius 3 is 1.97 bits per heavy atom. The lowest BCUT2D eigenvalue weighted by molar-refractivity contribution is 1.40. The highest BCUT2D eigenvalue weighted by Gasteiger charge is 2.07. The molecule has 0 heterocycles. The molecule has 0 fully saturated rings. The molecule has 0 amide bonds. The van der Waals surface area contributed by atoms with Crippen molar-refractivity contribution >= 4 is 22.1 Å². The van der Waals surface area contributed by atoms with Gasteiger partial charge in [-0.25, -0.2) is 0 Å². The standard InChI is InChI=1S/C30H25N/c1-21-8-3-5-11-27(21)30-20-26(17-14-22(30)2)31-25-18-15-24(16-19-25)29-13-7-10-23-9-4-6-12-28(23)29/h3-20,31H,1-2H3. The summed E-state index contributed by atoms with van der Waals surface area (Å²) in [6.45, 7) is 4.34. The van der Waals surface area contributed by atoms with Gasteiger partial charge in [0.15, 0.2) is 0 Å². The largest absolute Gasteiger partial charge is 0.356 e. The molecule has 150 valence electrons. The number of rotatable bonds is 4. The predicted octanol–water partition coefficient (Wildman–Crippen LogP) is 8.53. The fraction of sp³-hybridized carbons (Fsp3) is 0.0667. The Morgan fingerprint density at radius 1 is 0.484 bits per heavy atom. The minimum atomic E-state index is 1.09. The summed E-state index contributed by atoms with van der Waals surface area (Å²) in [7, 11) is 0. The molecule has 0 aliphatic heterocycles. The lowest BCUT2D eigenvalue weighted by Gasteiger charge is -2.14. The van der Waals surface area contributed by atoms with Crippen molar-refractivity contribution in [3.05, 3.63) is 120 Å². The second-order valence-corrected chi connectivity index (χ2v) is 8.07. The van der Waals surface area contributed by atoms with E-state index in [1.54, 1.807) is 0 Å². The lowest BCUT2D eigenvalue weighted by Crippen LogP contribution is -1.93. The van der Waals surface area contributed by atoms with Crippen LogP contribution >= 0.6 is 0 Å². The smallest absolute Gasteiger partial charge is 0.0390 e. The van der Waals surface area contributed by atoms with E-state index in [1.165, 1.54) is 44.2 Å². The van der Waals surface area contributed by atoms with Gasteiger partial charge in [0.1, 0.15) is 0 Å². The molecule has 5 aromatic carbocycles. The van der Waals surface area contributed by atoms with E-state index in [2.05, 4.69) is 128 Å². The first-order valence-electron chi connectivity index (χ1n) is 10.7. The quantitative estimate of drug-likeness (QED) is 0.319. The Hall–Kier alpha value is -3.84. The molecule has 0 bridgehead atoms. The molecule has 0 aliphatic carbocycles. The number of benzene rings is 5. The predicted molar refractivity (Wildman–Crippen MR) is 134 cm³/mol. The van der Waals surface area contributed by atoms with Crippen molar-refractivity contribution in [3.8, 4) is 22.3 Å². The van der Waals surface area contributed by atoms with Crippen LogP contribution in [0.3, 0.4) is 0 Å². The van der Waals surface area contributed by atoms with Gasteiger partial charge in [0.2, 0.25) is 0 Å². The Kier molecular flexibility index (Phi) is 5.01. The molecule has 0 spiro atoms. The highest BCUT2D eigenvalue weighted by atomic mass is 14.9. The summed E-state index contributed by atoms with van der Waals surface area (Å²) in [6, 6.07) is 38.9. The first-order valence-corrected chi connectivity index (χ1v) is 10.7. The van der Waals surface area contributed by atoms with Gasteiger partial charge < -0.3 is 5.32 Å². The van der Waals surface area contributed by atoms with Gasteiger partial charge in [-0.15, -0.1) is 0 Å². The van der Waals surface area contributed by atoms with Gasteiger partial charge in [-0.2, -0.15) is 0 Å². The summed E-state index contributed by atoms with van der Waals surface area (Å²) in [6.07, 6.45) is 0. The second kappa shape index (κ2) is 8.12. The van der Waals surface area contributed by atoms with E-state index in [4.69, 9.17) is 0 Å². The highest BCUT2D eigenvalue weighted by Crippen LogP contribution is 2.32. The first-order chi connectivity index (χ1) is 15.2. The van der Waals surface area contributed by atoms with Crippen molar-refractivity contribution < 1.29 is 0 Å². The van der Waals surface area contributed by atoms with Crippen LogP contribution in [0.1, 0.15) is 11.1 Å². The van der Waals surface area contributed by atoms with Crippen LogP contribution in [0.5, 0.6) is 0 Å². The normalized spacial score (nSPS) is 10.9. The summed E-state index contributed by atoms with van der Waals surface area (Å²) in [5.74, 6) is 0. The summed E-state index contributed by atoms with van der Waals surface area (Å²) in [5.41, 5.74) is 9.82. The van der Waals surface area contributed by atoms with Crippen molar-refractivity contribution in [2.75, 3.05) is 5.32 Å². The molecule has 5 aromatic rings. The van der Waals surface area contributed by atoms with E-state index in [9.17, 15) is 0 Å². The van der Waals surface area contributed by atoms with E-state index >= 15 is 0 Å². The number of hydrogen-bond donors (Lipinski definition) is 1. The molecule has 0 aromatic heterocycles. The summed E-state index contributed by atoms with van der Waals surface area (Å²) in [4.78, 5) is 0. The van der Waals surface area contributed by atoms with Gasteiger partial charge in [0.05, 0.1) is 0 Å². The third-order valence-electron chi connectivity index (χ3n) is 5.95. The molecule has 0 aliphatic rings. The van der Waals surface area contributed by atoms with Gasteiger partial charge in [0.25, 0.3) is 0 Å². The monoisotopic (exact) mass is 399 g/mol. The molecule has 0 atom stereocenters. The molecular formula is C30H25N. The van der Waals surface area contributed by atoms with Crippen LogP contribution in [0.25, 0.3) is 33.0 Å². The number of anilines is 2. The molecule has 1 nitrogen and oxygen atoms in total. The van der Waals surface area contributed by atoms with Gasteiger partial charge in [-0.05, 0) is 82.3 Å². The maximum Gasteiger partial charge on any atom is 0.0390 e. The Balaban J connectivity index is 1.44. The average Bonchev–Trinajstić information content (AvgIpc) is 2.81. The number of hydrogen-bond acceptors (Lipinski definition) is 1. The van der Waals surface area contributed by atoms with Crippen LogP contribution in [0.2, 0.25) is 0 Å². The molecular weight excluding hydrogens is 374 g/mol. The molecule has 1 heteroatoms. The minimum absolute atomic E-state index is 1.09. The topological polar surface area (TPSA) is 12.0 Å². The van der Waals surface area contributed by atoms with E-state index in [1.807, 2.05) is 0 Å².